The number of benzene rings is 2. The number of nitro groups is 1. The molecule has 0 atom stereocenters. The number of carbonyl (C=O) groups excluding carboxylic acids is 1. The Morgan fingerprint density at radius 3 is 2.43 bits per heavy atom. The zero-order valence-corrected chi connectivity index (χ0v) is 12.5. The second kappa shape index (κ2) is 6.36. The van der Waals surface area contributed by atoms with Crippen LogP contribution in [0.1, 0.15) is 10.4 Å². The number of methoxy groups -OCH3 is 1. The normalized spacial score (nSPS) is 10.0. The monoisotopic (exact) mass is 351 g/mol. The fourth-order valence-electron chi connectivity index (χ4n) is 1.62. The number of carbonyl (C=O) groups is 1. The van der Waals surface area contributed by atoms with Gasteiger partial charge in [-0.3, -0.25) is 10.1 Å². The molecule has 0 saturated heterocycles. The predicted molar refractivity (Wildman–Crippen MR) is 78.7 cm³/mol. The quantitative estimate of drug-likeness (QED) is 0.473. The Morgan fingerprint density at radius 1 is 1.19 bits per heavy atom. The van der Waals surface area contributed by atoms with Gasteiger partial charge in [0.15, 0.2) is 0 Å². The van der Waals surface area contributed by atoms with Crippen LogP contribution in [0.5, 0.6) is 11.5 Å². The molecule has 0 unspecified atom stereocenters. The minimum Gasteiger partial charge on any atom is -0.465 e. The van der Waals surface area contributed by atoms with Crippen molar-refractivity contribution in [2.45, 2.75) is 0 Å². The number of nitro benzene ring substituents is 1. The van der Waals surface area contributed by atoms with Crippen molar-refractivity contribution in [2.75, 3.05) is 7.11 Å². The van der Waals surface area contributed by atoms with Crippen LogP contribution in [0.25, 0.3) is 0 Å². The topological polar surface area (TPSA) is 78.7 Å². The van der Waals surface area contributed by atoms with E-state index in [0.717, 1.165) is 0 Å². The van der Waals surface area contributed by atoms with Gasteiger partial charge in [-0.1, -0.05) is 15.9 Å². The summed E-state index contributed by atoms with van der Waals surface area (Å²) in [5.74, 6) is 0.0401. The molecule has 0 aliphatic heterocycles. The predicted octanol–water partition coefficient (Wildman–Crippen LogP) is 3.94. The van der Waals surface area contributed by atoms with Crippen molar-refractivity contribution < 1.29 is 19.2 Å². The minimum absolute atomic E-state index is 0.119. The molecule has 6 nitrogen and oxygen atoms in total. The van der Waals surface area contributed by atoms with Gasteiger partial charge in [0.2, 0.25) is 5.75 Å². The van der Waals surface area contributed by atoms with Crippen LogP contribution in [0.4, 0.5) is 5.69 Å². The Kier molecular flexibility index (Phi) is 4.54. The first-order valence-corrected chi connectivity index (χ1v) is 6.60. The zero-order valence-electron chi connectivity index (χ0n) is 10.9. The maximum Gasteiger partial charge on any atom is 0.337 e. The summed E-state index contributed by atoms with van der Waals surface area (Å²) in [4.78, 5) is 21.8. The summed E-state index contributed by atoms with van der Waals surface area (Å²) in [6.45, 7) is 0. The lowest BCUT2D eigenvalue weighted by atomic mass is 10.2. The van der Waals surface area contributed by atoms with Crippen LogP contribution >= 0.6 is 15.9 Å². The van der Waals surface area contributed by atoms with E-state index < -0.39 is 10.9 Å². The summed E-state index contributed by atoms with van der Waals surface area (Å²) in [5.41, 5.74) is 0.219. The van der Waals surface area contributed by atoms with Gasteiger partial charge in [-0.25, -0.2) is 4.79 Å². The number of hydrogen-bond acceptors (Lipinski definition) is 5. The standard InChI is InChI=1S/C14H10BrNO5/c1-20-14(17)9-2-5-11(6-3-9)21-13-7-4-10(15)8-12(13)16(18)19/h2-8H,1H3. The summed E-state index contributed by atoms with van der Waals surface area (Å²) in [7, 11) is 1.29. The van der Waals surface area contributed by atoms with Gasteiger partial charge in [0.1, 0.15) is 5.75 Å². The van der Waals surface area contributed by atoms with Crippen LogP contribution in [0.2, 0.25) is 0 Å². The molecule has 0 fully saturated rings. The first-order valence-electron chi connectivity index (χ1n) is 5.81. The third-order valence-corrected chi connectivity index (χ3v) is 3.11. The highest BCUT2D eigenvalue weighted by Gasteiger charge is 2.16. The van der Waals surface area contributed by atoms with Crippen molar-refractivity contribution in [3.8, 4) is 11.5 Å². The van der Waals surface area contributed by atoms with Crippen LogP contribution < -0.4 is 4.74 Å². The highest BCUT2D eigenvalue weighted by molar-refractivity contribution is 9.10. The van der Waals surface area contributed by atoms with Gasteiger partial charge in [0.05, 0.1) is 17.6 Å². The average molecular weight is 352 g/mol. The Bertz CT molecular complexity index is 684. The van der Waals surface area contributed by atoms with Gasteiger partial charge in [-0.15, -0.1) is 0 Å². The van der Waals surface area contributed by atoms with E-state index in [1.165, 1.54) is 43.5 Å². The molecule has 2 aromatic carbocycles. The molecule has 0 amide bonds. The first kappa shape index (κ1) is 15.0. The Balaban J connectivity index is 2.26. The molecule has 2 rings (SSSR count). The SMILES string of the molecule is COC(=O)c1ccc(Oc2ccc(Br)cc2[N+](=O)[O-])cc1. The molecule has 7 heteroatoms. The maximum atomic E-state index is 11.3. The van der Waals surface area contributed by atoms with Gasteiger partial charge in [0.25, 0.3) is 0 Å². The molecule has 0 radical (unpaired) electrons. The van der Waals surface area contributed by atoms with Crippen LogP contribution in [0.15, 0.2) is 46.9 Å². The molecule has 2 aromatic rings. The van der Waals surface area contributed by atoms with Crippen LogP contribution in [-0.2, 0) is 4.74 Å². The van der Waals surface area contributed by atoms with Gasteiger partial charge in [-0.2, -0.15) is 0 Å². The lowest BCUT2D eigenvalue weighted by molar-refractivity contribution is -0.385. The molecule has 0 spiro atoms. The summed E-state index contributed by atoms with van der Waals surface area (Å²) in [5, 5.41) is 11.0. The van der Waals surface area contributed by atoms with Crippen molar-refractivity contribution in [2.24, 2.45) is 0 Å². The number of esters is 1. The Hall–Kier alpha value is -2.41. The highest BCUT2D eigenvalue weighted by atomic mass is 79.9. The van der Waals surface area contributed by atoms with Crippen LogP contribution in [-0.4, -0.2) is 18.0 Å². The van der Waals surface area contributed by atoms with Gasteiger partial charge in [0, 0.05) is 10.5 Å². The highest BCUT2D eigenvalue weighted by Crippen LogP contribution is 2.33. The molecule has 0 heterocycles. The van der Waals surface area contributed by atoms with E-state index in [0.29, 0.717) is 15.8 Å². The van der Waals surface area contributed by atoms with Crippen LogP contribution in [0.3, 0.4) is 0 Å². The van der Waals surface area contributed by atoms with E-state index in [1.807, 2.05) is 0 Å². The molecule has 0 aliphatic carbocycles. The van der Waals surface area contributed by atoms with Crippen molar-refractivity contribution in [3.05, 3.63) is 62.6 Å². The summed E-state index contributed by atoms with van der Waals surface area (Å²) in [6, 6.07) is 10.6. The number of rotatable bonds is 4. The van der Waals surface area contributed by atoms with Gasteiger partial charge < -0.3 is 9.47 Å². The molecule has 0 N–H and O–H groups in total. The molecular weight excluding hydrogens is 342 g/mol. The number of halogens is 1. The number of nitrogens with zero attached hydrogens (tertiary/aromatic N) is 1. The molecule has 0 aromatic heterocycles. The van der Waals surface area contributed by atoms with E-state index in [9.17, 15) is 14.9 Å². The lowest BCUT2D eigenvalue weighted by Crippen LogP contribution is -2.00. The first-order chi connectivity index (χ1) is 10.0. The van der Waals surface area contributed by atoms with Crippen LogP contribution in [0, 0.1) is 10.1 Å². The largest absolute Gasteiger partial charge is 0.465 e. The summed E-state index contributed by atoms with van der Waals surface area (Å²) in [6.07, 6.45) is 0. The Morgan fingerprint density at radius 2 is 1.86 bits per heavy atom. The molecule has 0 aliphatic rings. The molecule has 21 heavy (non-hydrogen) atoms. The Labute approximate surface area is 128 Å². The minimum atomic E-state index is -0.525. The fourth-order valence-corrected chi connectivity index (χ4v) is 1.97. The van der Waals surface area contributed by atoms with Crippen molar-refractivity contribution >= 4 is 27.6 Å². The smallest absolute Gasteiger partial charge is 0.337 e. The summed E-state index contributed by atoms with van der Waals surface area (Å²) < 4.78 is 10.6. The number of hydrogen-bond donors (Lipinski definition) is 0. The van der Waals surface area contributed by atoms with Crippen molar-refractivity contribution in [1.29, 1.82) is 0 Å². The average Bonchev–Trinajstić information content (AvgIpc) is 2.49. The third kappa shape index (κ3) is 3.57. The van der Waals surface area contributed by atoms with Gasteiger partial charge in [-0.05, 0) is 36.4 Å². The maximum absolute atomic E-state index is 11.3. The molecular formula is C14H10BrNO5. The molecule has 0 bridgehead atoms. The van der Waals surface area contributed by atoms with Crippen molar-refractivity contribution in [1.82, 2.24) is 0 Å². The van der Waals surface area contributed by atoms with E-state index in [-0.39, 0.29) is 11.4 Å². The third-order valence-electron chi connectivity index (χ3n) is 2.62. The van der Waals surface area contributed by atoms with E-state index in [4.69, 9.17) is 4.74 Å². The second-order valence-electron chi connectivity index (χ2n) is 3.99. The number of ether oxygens (including phenoxy) is 2. The van der Waals surface area contributed by atoms with E-state index in [2.05, 4.69) is 20.7 Å². The second-order valence-corrected chi connectivity index (χ2v) is 4.90. The van der Waals surface area contributed by atoms with Gasteiger partial charge >= 0.3 is 11.7 Å². The lowest BCUT2D eigenvalue weighted by Gasteiger charge is -2.07. The summed E-state index contributed by atoms with van der Waals surface area (Å²) >= 11 is 3.17. The van der Waals surface area contributed by atoms with E-state index in [1.54, 1.807) is 6.07 Å². The van der Waals surface area contributed by atoms with E-state index >= 15 is 0 Å². The zero-order chi connectivity index (χ0) is 15.4. The fraction of sp³-hybridized carbons (Fsp3) is 0.0714. The molecule has 0 saturated carbocycles. The molecule has 108 valence electrons. The van der Waals surface area contributed by atoms with Crippen molar-refractivity contribution in [3.63, 3.8) is 0 Å².